The summed E-state index contributed by atoms with van der Waals surface area (Å²) in [5.74, 6) is 0.159. The van der Waals surface area contributed by atoms with Crippen LogP contribution in [0.5, 0.6) is 11.5 Å². The van der Waals surface area contributed by atoms with Crippen molar-refractivity contribution in [2.75, 3.05) is 18.5 Å². The number of ether oxygens (including phenoxy) is 2. The topological polar surface area (TPSA) is 94.8 Å². The molecule has 0 spiro atoms. The molecule has 3 aromatic rings. The van der Waals surface area contributed by atoms with E-state index in [-0.39, 0.29) is 19.1 Å². The molecule has 27 heavy (non-hydrogen) atoms. The molecule has 2 aromatic carbocycles. The first-order valence-electron chi connectivity index (χ1n) is 8.02. The number of carbonyl (C=O) groups is 1. The minimum absolute atomic E-state index is 0.140. The SMILES string of the molecule is O=P#Cc1cc2c(cc1NC(=O)c1cc(=O)c3ccccc3o1)OCCO2. The molecule has 1 amide bonds. The molecule has 8 heteroatoms. The van der Waals surface area contributed by atoms with Gasteiger partial charge in [0.15, 0.2) is 0 Å². The summed E-state index contributed by atoms with van der Waals surface area (Å²) in [6.07, 6.45) is 0. The molecule has 0 bridgehead atoms. The molecule has 134 valence electrons. The standard InChI is InChI=1S/C19H12NO6P/c21-14-9-18(26-15-4-2-1-3-12(14)15)19(22)20-13-8-17-16(24-5-6-25-17)7-11(13)10-27-23/h1-4,7-9H,5-6H2,(H,20,22). The minimum atomic E-state index is -0.625. The van der Waals surface area contributed by atoms with Gasteiger partial charge >= 0.3 is 153 Å². The number of carbonyl (C=O) groups excluding carboxylic acids is 1. The second-order valence-electron chi connectivity index (χ2n) is 5.67. The molecule has 0 aliphatic carbocycles. The first kappa shape index (κ1) is 17.2. The monoisotopic (exact) mass is 381 g/mol. The molecule has 0 radical (unpaired) electrons. The van der Waals surface area contributed by atoms with Gasteiger partial charge in [-0.15, -0.1) is 0 Å². The van der Waals surface area contributed by atoms with Gasteiger partial charge in [0.2, 0.25) is 0 Å². The number of hydrogen-bond donors (Lipinski definition) is 1. The fraction of sp³-hybridized carbons (Fsp3) is 0.105. The average Bonchev–Trinajstić information content (AvgIpc) is 2.68. The van der Waals surface area contributed by atoms with Crippen LogP contribution in [0.15, 0.2) is 51.7 Å². The predicted octanol–water partition coefficient (Wildman–Crippen LogP) is 3.42. The molecular weight excluding hydrogens is 369 g/mol. The van der Waals surface area contributed by atoms with Crippen LogP contribution in [0, 0.1) is 5.63 Å². The van der Waals surface area contributed by atoms with E-state index in [4.69, 9.17) is 13.9 Å². The van der Waals surface area contributed by atoms with Gasteiger partial charge in [0.25, 0.3) is 0 Å². The zero-order valence-electron chi connectivity index (χ0n) is 13.9. The van der Waals surface area contributed by atoms with Gasteiger partial charge in [-0.25, -0.2) is 0 Å². The van der Waals surface area contributed by atoms with E-state index < -0.39 is 5.91 Å². The van der Waals surface area contributed by atoms with Crippen LogP contribution in [0.3, 0.4) is 0 Å². The third-order valence-corrected chi connectivity index (χ3v) is 4.29. The van der Waals surface area contributed by atoms with Crippen molar-refractivity contribution in [3.05, 3.63) is 64.0 Å². The number of benzene rings is 2. The molecule has 0 saturated heterocycles. The van der Waals surface area contributed by atoms with Crippen molar-refractivity contribution in [3.63, 3.8) is 0 Å². The van der Waals surface area contributed by atoms with Gasteiger partial charge in [-0.1, -0.05) is 0 Å². The maximum atomic E-state index is 12.6. The first-order chi connectivity index (χ1) is 13.2. The predicted molar refractivity (Wildman–Crippen MR) is 98.5 cm³/mol. The van der Waals surface area contributed by atoms with Gasteiger partial charge < -0.3 is 0 Å². The Morgan fingerprint density at radius 2 is 1.81 bits per heavy atom. The van der Waals surface area contributed by atoms with Crippen molar-refractivity contribution in [2.45, 2.75) is 0 Å². The van der Waals surface area contributed by atoms with Gasteiger partial charge in [0.05, 0.1) is 0 Å². The van der Waals surface area contributed by atoms with E-state index >= 15 is 0 Å². The third kappa shape index (κ3) is 3.38. The maximum absolute atomic E-state index is 12.6. The van der Waals surface area contributed by atoms with Crippen LogP contribution < -0.4 is 20.2 Å². The first-order valence-corrected chi connectivity index (χ1v) is 8.83. The molecule has 1 aromatic heterocycles. The van der Waals surface area contributed by atoms with Crippen LogP contribution in [-0.2, 0) is 4.57 Å². The molecule has 4 rings (SSSR count). The molecule has 0 fully saturated rings. The summed E-state index contributed by atoms with van der Waals surface area (Å²) in [6, 6.07) is 10.9. The molecule has 1 N–H and O–H groups in total. The second-order valence-corrected chi connectivity index (χ2v) is 6.08. The zero-order valence-corrected chi connectivity index (χ0v) is 14.7. The van der Waals surface area contributed by atoms with Crippen molar-refractivity contribution < 1.29 is 23.3 Å². The van der Waals surface area contributed by atoms with Crippen LogP contribution in [0.4, 0.5) is 5.69 Å². The van der Waals surface area contributed by atoms with Gasteiger partial charge in [-0.05, 0) is 0 Å². The second kappa shape index (κ2) is 7.16. The molecule has 7 nitrogen and oxygen atoms in total. The summed E-state index contributed by atoms with van der Waals surface area (Å²) >= 11 is 0. The van der Waals surface area contributed by atoms with Crippen molar-refractivity contribution in [3.8, 4) is 17.1 Å². The van der Waals surface area contributed by atoms with E-state index in [1.54, 1.807) is 36.4 Å². The number of hydrogen-bond acceptors (Lipinski definition) is 6. The van der Waals surface area contributed by atoms with Gasteiger partial charge in [0, 0.05) is 0 Å². The Morgan fingerprint density at radius 3 is 2.59 bits per heavy atom. The number of rotatable bonds is 2. The van der Waals surface area contributed by atoms with Crippen LogP contribution in [0.2, 0.25) is 0 Å². The Balaban J connectivity index is 1.73. The fourth-order valence-corrected chi connectivity index (χ4v) is 3.02. The quantitative estimate of drug-likeness (QED) is 0.684. The molecule has 0 atom stereocenters. The number of anilines is 1. The normalized spacial score (nSPS) is 12.3. The number of fused-ring (bicyclic) bond motifs is 2. The molecule has 2 heterocycles. The van der Waals surface area contributed by atoms with E-state index in [1.807, 2.05) is 0 Å². The van der Waals surface area contributed by atoms with Crippen molar-refractivity contribution in [1.82, 2.24) is 0 Å². The molecular formula is C19H12NO6P. The van der Waals surface area contributed by atoms with E-state index in [9.17, 15) is 14.2 Å². The van der Waals surface area contributed by atoms with Crippen molar-refractivity contribution in [1.29, 1.82) is 0 Å². The summed E-state index contributed by atoms with van der Waals surface area (Å²) in [5.41, 5.74) is 3.27. The summed E-state index contributed by atoms with van der Waals surface area (Å²) in [6.45, 7) is 0.780. The molecule has 0 saturated carbocycles. The number of amides is 1. The van der Waals surface area contributed by atoms with Crippen molar-refractivity contribution in [2.24, 2.45) is 0 Å². The molecule has 1 aliphatic rings. The van der Waals surface area contributed by atoms with Crippen LogP contribution in [0.25, 0.3) is 11.0 Å². The molecule has 1 aliphatic heterocycles. The Bertz CT molecular complexity index is 1230. The summed E-state index contributed by atoms with van der Waals surface area (Å²) < 4.78 is 27.5. The Kier molecular flexibility index (Phi) is 4.55. The van der Waals surface area contributed by atoms with Crippen molar-refractivity contribution >= 4 is 30.5 Å². The van der Waals surface area contributed by atoms with Crippen LogP contribution in [0.1, 0.15) is 16.1 Å². The Morgan fingerprint density at radius 1 is 1.07 bits per heavy atom. The van der Waals surface area contributed by atoms with Crippen LogP contribution >= 0.6 is 7.92 Å². The third-order valence-electron chi connectivity index (χ3n) is 3.96. The number of para-hydroxylation sites is 1. The van der Waals surface area contributed by atoms with Gasteiger partial charge in [-0.3, -0.25) is 0 Å². The average molecular weight is 381 g/mol. The van der Waals surface area contributed by atoms with E-state index in [0.29, 0.717) is 46.9 Å². The van der Waals surface area contributed by atoms with E-state index in [2.05, 4.69) is 10.9 Å². The summed E-state index contributed by atoms with van der Waals surface area (Å²) in [5, 5.41) is 3.03. The summed E-state index contributed by atoms with van der Waals surface area (Å²) in [4.78, 5) is 24.8. The Hall–Kier alpha value is -3.27. The fourth-order valence-electron chi connectivity index (χ4n) is 2.73. The zero-order chi connectivity index (χ0) is 18.8. The van der Waals surface area contributed by atoms with E-state index in [1.165, 1.54) is 0 Å². The number of nitrogens with one attached hydrogen (secondary N) is 1. The van der Waals surface area contributed by atoms with E-state index in [0.717, 1.165) is 6.07 Å². The van der Waals surface area contributed by atoms with Crippen LogP contribution in [-0.4, -0.2) is 19.1 Å². The Labute approximate surface area is 154 Å². The molecule has 0 unspecified atom stereocenters. The summed E-state index contributed by atoms with van der Waals surface area (Å²) in [7, 11) is -0.351. The van der Waals surface area contributed by atoms with Gasteiger partial charge in [-0.2, -0.15) is 0 Å². The van der Waals surface area contributed by atoms with Gasteiger partial charge in [0.1, 0.15) is 0 Å².